The molecule has 7 nitrogen and oxygen atoms in total. The van der Waals surface area contributed by atoms with E-state index in [0.717, 1.165) is 4.57 Å². The number of nitrogens with zero attached hydrogens (tertiary/aromatic N) is 2. The van der Waals surface area contributed by atoms with Gasteiger partial charge in [0.15, 0.2) is 0 Å². The van der Waals surface area contributed by atoms with Gasteiger partial charge in [-0.1, -0.05) is 39.9 Å². The standard InChI is InChI=1S/C15H24N4O3S/c1-5-7-18-11(16)10(13(23)17-12(20)9(3)4)14(21)19(8-6-2)15(18)22/h9H,5-8,16H2,1-4H3,(H,17,20,23). The predicted octanol–water partition coefficient (Wildman–Crippen LogP) is 0.860. The van der Waals surface area contributed by atoms with Gasteiger partial charge in [0.2, 0.25) is 5.91 Å². The Hall–Kier alpha value is -1.96. The van der Waals surface area contributed by atoms with Crippen LogP contribution in [0.1, 0.15) is 46.1 Å². The van der Waals surface area contributed by atoms with Gasteiger partial charge >= 0.3 is 5.69 Å². The first-order chi connectivity index (χ1) is 10.8. The number of thiocarbonyl (C=S) groups is 1. The van der Waals surface area contributed by atoms with Crippen molar-refractivity contribution in [2.75, 3.05) is 5.73 Å². The van der Waals surface area contributed by atoms with Crippen molar-refractivity contribution in [3.05, 3.63) is 26.4 Å². The van der Waals surface area contributed by atoms with Crippen molar-refractivity contribution in [1.82, 2.24) is 14.5 Å². The fourth-order valence-corrected chi connectivity index (χ4v) is 2.40. The molecular weight excluding hydrogens is 316 g/mol. The molecule has 3 N–H and O–H groups in total. The van der Waals surface area contributed by atoms with Crippen molar-refractivity contribution >= 4 is 28.9 Å². The van der Waals surface area contributed by atoms with E-state index in [0.29, 0.717) is 19.4 Å². The van der Waals surface area contributed by atoms with Crippen LogP contribution < -0.4 is 22.3 Å². The maximum absolute atomic E-state index is 12.6. The first-order valence-corrected chi connectivity index (χ1v) is 8.15. The molecule has 0 bridgehead atoms. The van der Waals surface area contributed by atoms with Gasteiger partial charge in [-0.3, -0.25) is 18.7 Å². The van der Waals surface area contributed by atoms with E-state index in [1.807, 2.05) is 13.8 Å². The minimum absolute atomic E-state index is 0.00302. The van der Waals surface area contributed by atoms with E-state index in [9.17, 15) is 14.4 Å². The molecule has 1 aromatic heterocycles. The van der Waals surface area contributed by atoms with E-state index >= 15 is 0 Å². The monoisotopic (exact) mass is 340 g/mol. The molecule has 0 aliphatic heterocycles. The summed E-state index contributed by atoms with van der Waals surface area (Å²) >= 11 is 5.18. The second kappa shape index (κ2) is 8.05. The van der Waals surface area contributed by atoms with Crippen LogP contribution in [0.15, 0.2) is 9.59 Å². The minimum atomic E-state index is -0.559. The van der Waals surface area contributed by atoms with E-state index in [-0.39, 0.29) is 34.7 Å². The molecule has 0 aliphatic carbocycles. The molecule has 0 fully saturated rings. The van der Waals surface area contributed by atoms with Gasteiger partial charge in [0, 0.05) is 19.0 Å². The highest BCUT2D eigenvalue weighted by Gasteiger charge is 2.21. The molecule has 0 saturated carbocycles. The smallest absolute Gasteiger partial charge is 0.332 e. The van der Waals surface area contributed by atoms with E-state index in [1.54, 1.807) is 13.8 Å². The normalized spacial score (nSPS) is 10.8. The van der Waals surface area contributed by atoms with Crippen LogP contribution in [0.25, 0.3) is 0 Å². The van der Waals surface area contributed by atoms with Crippen molar-refractivity contribution in [1.29, 1.82) is 0 Å². The number of hydrogen-bond donors (Lipinski definition) is 2. The third-order valence-corrected chi connectivity index (χ3v) is 3.66. The highest BCUT2D eigenvalue weighted by atomic mass is 32.1. The van der Waals surface area contributed by atoms with Crippen molar-refractivity contribution in [3.63, 3.8) is 0 Å². The summed E-state index contributed by atoms with van der Waals surface area (Å²) in [5.41, 5.74) is 5.00. The first-order valence-electron chi connectivity index (χ1n) is 7.74. The Bertz CT molecular complexity index is 719. The Labute approximate surface area is 140 Å². The lowest BCUT2D eigenvalue weighted by Gasteiger charge is -2.17. The fourth-order valence-electron chi connectivity index (χ4n) is 2.11. The summed E-state index contributed by atoms with van der Waals surface area (Å²) in [7, 11) is 0. The van der Waals surface area contributed by atoms with Crippen LogP contribution in [0.5, 0.6) is 0 Å². The van der Waals surface area contributed by atoms with Crippen LogP contribution in [0.3, 0.4) is 0 Å². The third kappa shape index (κ3) is 4.07. The average molecular weight is 340 g/mol. The van der Waals surface area contributed by atoms with Gasteiger partial charge in [0.1, 0.15) is 16.4 Å². The summed E-state index contributed by atoms with van der Waals surface area (Å²) in [6.45, 7) is 7.85. The number of nitrogens with two attached hydrogens (primary N) is 1. The summed E-state index contributed by atoms with van der Waals surface area (Å²) in [6.07, 6.45) is 1.30. The molecule has 1 rings (SSSR count). The van der Waals surface area contributed by atoms with Crippen LogP contribution in [-0.2, 0) is 17.9 Å². The molecule has 0 spiro atoms. The average Bonchev–Trinajstić information content (AvgIpc) is 2.47. The Balaban J connectivity index is 3.52. The number of carbonyl (C=O) groups is 1. The Kier molecular flexibility index (Phi) is 6.68. The lowest BCUT2D eigenvalue weighted by atomic mass is 10.2. The summed E-state index contributed by atoms with van der Waals surface area (Å²) in [5, 5.41) is 2.52. The number of aromatic nitrogens is 2. The largest absolute Gasteiger partial charge is 0.384 e. The molecule has 23 heavy (non-hydrogen) atoms. The second-order valence-corrected chi connectivity index (χ2v) is 6.03. The molecule has 0 aromatic carbocycles. The predicted molar refractivity (Wildman–Crippen MR) is 94.6 cm³/mol. The molecule has 0 saturated heterocycles. The van der Waals surface area contributed by atoms with Gasteiger partial charge < -0.3 is 11.1 Å². The summed E-state index contributed by atoms with van der Waals surface area (Å²) < 4.78 is 2.45. The second-order valence-electron chi connectivity index (χ2n) is 5.62. The third-order valence-electron chi connectivity index (χ3n) is 3.35. The molecule has 8 heteroatoms. The Morgan fingerprint density at radius 3 is 2.17 bits per heavy atom. The Morgan fingerprint density at radius 2 is 1.70 bits per heavy atom. The molecule has 128 valence electrons. The maximum atomic E-state index is 12.6. The number of carbonyl (C=O) groups excluding carboxylic acids is 1. The number of hydrogen-bond acceptors (Lipinski definition) is 5. The SMILES string of the molecule is CCCn1c(N)c(C(=S)NC(=O)C(C)C)c(=O)n(CCC)c1=O. The van der Waals surface area contributed by atoms with E-state index in [2.05, 4.69) is 5.32 Å². The quantitative estimate of drug-likeness (QED) is 0.748. The van der Waals surface area contributed by atoms with E-state index < -0.39 is 11.2 Å². The van der Waals surface area contributed by atoms with Crippen molar-refractivity contribution in [2.45, 2.75) is 53.6 Å². The van der Waals surface area contributed by atoms with E-state index in [4.69, 9.17) is 18.0 Å². The molecule has 0 radical (unpaired) electrons. The Morgan fingerprint density at radius 1 is 1.17 bits per heavy atom. The lowest BCUT2D eigenvalue weighted by molar-refractivity contribution is -0.122. The molecule has 0 unspecified atom stereocenters. The van der Waals surface area contributed by atoms with Gasteiger partial charge in [0.05, 0.1) is 0 Å². The molecule has 1 aromatic rings. The van der Waals surface area contributed by atoms with Gasteiger partial charge in [-0.05, 0) is 12.8 Å². The highest BCUT2D eigenvalue weighted by molar-refractivity contribution is 7.80. The van der Waals surface area contributed by atoms with Crippen molar-refractivity contribution in [2.24, 2.45) is 5.92 Å². The molecule has 0 aliphatic rings. The van der Waals surface area contributed by atoms with Crippen LogP contribution in [0, 0.1) is 5.92 Å². The first kappa shape index (κ1) is 19.1. The maximum Gasteiger partial charge on any atom is 0.332 e. The lowest BCUT2D eigenvalue weighted by Crippen LogP contribution is -2.46. The topological polar surface area (TPSA) is 99.1 Å². The molecule has 1 heterocycles. The van der Waals surface area contributed by atoms with Crippen LogP contribution in [0.2, 0.25) is 0 Å². The molecule has 1 amide bonds. The number of rotatable bonds is 6. The zero-order valence-electron chi connectivity index (χ0n) is 14.0. The summed E-state index contributed by atoms with van der Waals surface area (Å²) in [6, 6.07) is 0. The summed E-state index contributed by atoms with van der Waals surface area (Å²) in [5.74, 6) is -0.582. The van der Waals surface area contributed by atoms with E-state index in [1.165, 1.54) is 4.57 Å². The number of amides is 1. The molecular formula is C15H24N4O3S. The van der Waals surface area contributed by atoms with Gasteiger partial charge in [-0.25, -0.2) is 4.79 Å². The highest BCUT2D eigenvalue weighted by Crippen LogP contribution is 2.07. The van der Waals surface area contributed by atoms with Crippen molar-refractivity contribution in [3.8, 4) is 0 Å². The summed E-state index contributed by atoms with van der Waals surface area (Å²) in [4.78, 5) is 36.8. The molecule has 0 atom stereocenters. The van der Waals surface area contributed by atoms with Gasteiger partial charge in [0.25, 0.3) is 5.56 Å². The van der Waals surface area contributed by atoms with Gasteiger partial charge in [-0.2, -0.15) is 0 Å². The fraction of sp³-hybridized carbons (Fsp3) is 0.600. The van der Waals surface area contributed by atoms with Crippen LogP contribution in [0.4, 0.5) is 5.82 Å². The zero-order valence-corrected chi connectivity index (χ0v) is 14.8. The van der Waals surface area contributed by atoms with Gasteiger partial charge in [-0.15, -0.1) is 0 Å². The number of nitrogen functional groups attached to an aromatic ring is 1. The number of nitrogens with one attached hydrogen (secondary N) is 1. The van der Waals surface area contributed by atoms with Crippen LogP contribution in [-0.4, -0.2) is 20.0 Å². The number of anilines is 1. The van der Waals surface area contributed by atoms with Crippen LogP contribution >= 0.6 is 12.2 Å². The zero-order chi connectivity index (χ0) is 17.7. The minimum Gasteiger partial charge on any atom is -0.384 e. The van der Waals surface area contributed by atoms with Crippen molar-refractivity contribution < 1.29 is 4.79 Å².